The third-order valence-corrected chi connectivity index (χ3v) is 7.80. The van der Waals surface area contributed by atoms with Crippen LogP contribution in [-0.2, 0) is 14.8 Å². The Labute approximate surface area is 166 Å². The van der Waals surface area contributed by atoms with E-state index in [1.807, 2.05) is 11.9 Å². The summed E-state index contributed by atoms with van der Waals surface area (Å²) in [6.07, 6.45) is 5.32. The molecule has 2 aliphatic heterocycles. The molecule has 4 rings (SSSR count). The number of likely N-dealkylation sites (tertiary alicyclic amines) is 1. The van der Waals surface area contributed by atoms with Crippen molar-refractivity contribution in [2.45, 2.75) is 36.6 Å². The second-order valence-corrected chi connectivity index (χ2v) is 10.0. The van der Waals surface area contributed by atoms with E-state index in [0.717, 1.165) is 51.9 Å². The number of amides is 1. The summed E-state index contributed by atoms with van der Waals surface area (Å²) in [6, 6.07) is 3.63. The summed E-state index contributed by atoms with van der Waals surface area (Å²) in [5, 5.41) is 3.39. The van der Waals surface area contributed by atoms with E-state index in [0.29, 0.717) is 24.8 Å². The zero-order valence-electron chi connectivity index (χ0n) is 16.4. The predicted octanol–water partition coefficient (Wildman–Crippen LogP) is 0.831. The highest BCUT2D eigenvalue weighted by atomic mass is 32.2. The van der Waals surface area contributed by atoms with Crippen LogP contribution < -0.4 is 5.32 Å². The number of nitrogens with one attached hydrogen (secondary N) is 1. The van der Waals surface area contributed by atoms with Crippen LogP contribution in [0.4, 0.5) is 5.82 Å². The van der Waals surface area contributed by atoms with Gasteiger partial charge in [-0.3, -0.25) is 4.79 Å². The van der Waals surface area contributed by atoms with Crippen molar-refractivity contribution in [1.29, 1.82) is 0 Å². The van der Waals surface area contributed by atoms with Gasteiger partial charge in [-0.2, -0.15) is 4.31 Å². The maximum Gasteiger partial charge on any atom is 0.244 e. The molecule has 1 saturated carbocycles. The van der Waals surface area contributed by atoms with Crippen molar-refractivity contribution in [2.75, 3.05) is 51.6 Å². The minimum Gasteiger partial charge on any atom is -0.367 e. The number of sulfonamides is 1. The van der Waals surface area contributed by atoms with Gasteiger partial charge in [0.25, 0.3) is 0 Å². The van der Waals surface area contributed by atoms with Crippen LogP contribution in [0, 0.1) is 5.92 Å². The molecule has 9 heteroatoms. The highest BCUT2D eigenvalue weighted by Gasteiger charge is 2.35. The number of piperazine rings is 1. The van der Waals surface area contributed by atoms with Crippen molar-refractivity contribution in [3.63, 3.8) is 0 Å². The average molecular weight is 408 g/mol. The number of aromatic nitrogens is 1. The first kappa shape index (κ1) is 19.6. The largest absolute Gasteiger partial charge is 0.367 e. The maximum absolute atomic E-state index is 12.8. The van der Waals surface area contributed by atoms with Gasteiger partial charge >= 0.3 is 0 Å². The number of carbonyl (C=O) groups is 1. The van der Waals surface area contributed by atoms with Crippen molar-refractivity contribution in [3.05, 3.63) is 18.3 Å². The lowest BCUT2D eigenvalue weighted by Crippen LogP contribution is -2.47. The Balaban J connectivity index is 1.32. The molecule has 154 valence electrons. The second kappa shape index (κ2) is 7.96. The van der Waals surface area contributed by atoms with Gasteiger partial charge < -0.3 is 15.1 Å². The normalized spacial score (nSPS) is 23.0. The minimum absolute atomic E-state index is 0.243. The summed E-state index contributed by atoms with van der Waals surface area (Å²) >= 11 is 0. The SMILES string of the molecule is CN1CCN(S(=O)(=O)c2ccc(NC3CCN(C(=O)C4CC4)CC3)nc2)CC1. The van der Waals surface area contributed by atoms with Gasteiger partial charge in [0.2, 0.25) is 15.9 Å². The summed E-state index contributed by atoms with van der Waals surface area (Å²) in [6.45, 7) is 4.07. The van der Waals surface area contributed by atoms with Gasteiger partial charge in [-0.05, 0) is 44.9 Å². The van der Waals surface area contributed by atoms with Crippen LogP contribution >= 0.6 is 0 Å². The molecule has 3 heterocycles. The third-order valence-electron chi connectivity index (χ3n) is 5.92. The Hall–Kier alpha value is -1.71. The molecule has 1 amide bonds. The highest BCUT2D eigenvalue weighted by molar-refractivity contribution is 7.89. The molecule has 3 fully saturated rings. The van der Waals surface area contributed by atoms with Gasteiger partial charge in [-0.25, -0.2) is 13.4 Å². The molecule has 1 N–H and O–H groups in total. The van der Waals surface area contributed by atoms with Crippen molar-refractivity contribution in [3.8, 4) is 0 Å². The van der Waals surface area contributed by atoms with Crippen molar-refractivity contribution < 1.29 is 13.2 Å². The van der Waals surface area contributed by atoms with Crippen LogP contribution in [0.15, 0.2) is 23.2 Å². The summed E-state index contributed by atoms with van der Waals surface area (Å²) in [7, 11) is -1.48. The monoisotopic (exact) mass is 407 g/mol. The number of nitrogens with zero attached hydrogens (tertiary/aromatic N) is 4. The fourth-order valence-electron chi connectivity index (χ4n) is 3.84. The van der Waals surface area contributed by atoms with Gasteiger partial charge in [-0.15, -0.1) is 0 Å². The Kier molecular flexibility index (Phi) is 5.57. The van der Waals surface area contributed by atoms with Crippen molar-refractivity contribution in [1.82, 2.24) is 19.1 Å². The number of hydrogen-bond donors (Lipinski definition) is 1. The molecule has 3 aliphatic rings. The molecule has 0 unspecified atom stereocenters. The van der Waals surface area contributed by atoms with E-state index >= 15 is 0 Å². The molecule has 0 aromatic carbocycles. The number of anilines is 1. The predicted molar refractivity (Wildman–Crippen MR) is 106 cm³/mol. The first-order chi connectivity index (χ1) is 13.4. The fourth-order valence-corrected chi connectivity index (χ4v) is 5.21. The lowest BCUT2D eigenvalue weighted by molar-refractivity contribution is -0.133. The average Bonchev–Trinajstić information content (AvgIpc) is 3.54. The Morgan fingerprint density at radius 2 is 1.71 bits per heavy atom. The first-order valence-electron chi connectivity index (χ1n) is 10.1. The molecule has 0 atom stereocenters. The Morgan fingerprint density at radius 1 is 1.04 bits per heavy atom. The number of pyridine rings is 1. The molecule has 8 nitrogen and oxygen atoms in total. The van der Waals surface area contributed by atoms with Crippen LogP contribution in [0.2, 0.25) is 0 Å². The smallest absolute Gasteiger partial charge is 0.244 e. The maximum atomic E-state index is 12.8. The molecule has 0 spiro atoms. The molecule has 2 saturated heterocycles. The summed E-state index contributed by atoms with van der Waals surface area (Å²) in [5.41, 5.74) is 0. The summed E-state index contributed by atoms with van der Waals surface area (Å²) < 4.78 is 27.1. The van der Waals surface area contributed by atoms with E-state index in [9.17, 15) is 13.2 Å². The second-order valence-electron chi connectivity index (χ2n) is 8.10. The van der Waals surface area contributed by atoms with Crippen LogP contribution in [0.25, 0.3) is 0 Å². The van der Waals surface area contributed by atoms with Gasteiger partial charge in [0, 0.05) is 57.4 Å². The third kappa shape index (κ3) is 4.31. The molecule has 1 aromatic heterocycles. The van der Waals surface area contributed by atoms with Gasteiger partial charge in [0.05, 0.1) is 0 Å². The summed E-state index contributed by atoms with van der Waals surface area (Å²) in [5.74, 6) is 1.28. The van der Waals surface area contributed by atoms with E-state index in [1.165, 1.54) is 10.5 Å². The Morgan fingerprint density at radius 3 is 2.29 bits per heavy atom. The van der Waals surface area contributed by atoms with Crippen LogP contribution in [-0.4, -0.2) is 85.8 Å². The van der Waals surface area contributed by atoms with E-state index in [2.05, 4.69) is 15.2 Å². The standard InChI is InChI=1S/C19H29N5O3S/c1-22-10-12-24(13-11-22)28(26,27)17-4-5-18(20-14-17)21-16-6-8-23(9-7-16)19(25)15-2-3-15/h4-5,14-16H,2-3,6-13H2,1H3,(H,20,21). The van der Waals surface area contributed by atoms with E-state index in [1.54, 1.807) is 12.1 Å². The topological polar surface area (TPSA) is 85.9 Å². The van der Waals surface area contributed by atoms with E-state index < -0.39 is 10.0 Å². The molecular formula is C19H29N5O3S. The number of likely N-dealkylation sites (N-methyl/N-ethyl adjacent to an activating group) is 1. The first-order valence-corrected chi connectivity index (χ1v) is 11.6. The van der Waals surface area contributed by atoms with Crippen LogP contribution in [0.3, 0.4) is 0 Å². The number of hydrogen-bond acceptors (Lipinski definition) is 6. The molecule has 1 aromatic rings. The quantitative estimate of drug-likeness (QED) is 0.778. The Bertz CT molecular complexity index is 793. The van der Waals surface area contributed by atoms with Crippen molar-refractivity contribution in [2.24, 2.45) is 5.92 Å². The number of carbonyl (C=O) groups excluding carboxylic acids is 1. The fraction of sp³-hybridized carbons (Fsp3) is 0.684. The molecule has 28 heavy (non-hydrogen) atoms. The van der Waals surface area contributed by atoms with Crippen LogP contribution in [0.5, 0.6) is 0 Å². The lowest BCUT2D eigenvalue weighted by atomic mass is 10.0. The van der Waals surface area contributed by atoms with Gasteiger partial charge in [0.1, 0.15) is 10.7 Å². The number of rotatable bonds is 5. The number of piperidine rings is 1. The lowest BCUT2D eigenvalue weighted by Gasteiger charge is -2.33. The molecule has 0 bridgehead atoms. The molecular weight excluding hydrogens is 378 g/mol. The molecule has 1 aliphatic carbocycles. The summed E-state index contributed by atoms with van der Waals surface area (Å²) in [4.78, 5) is 20.8. The van der Waals surface area contributed by atoms with E-state index in [-0.39, 0.29) is 16.9 Å². The van der Waals surface area contributed by atoms with Crippen molar-refractivity contribution >= 4 is 21.7 Å². The highest BCUT2D eigenvalue weighted by Crippen LogP contribution is 2.32. The van der Waals surface area contributed by atoms with Gasteiger partial charge in [-0.1, -0.05) is 0 Å². The van der Waals surface area contributed by atoms with Gasteiger partial charge in [0.15, 0.2) is 0 Å². The minimum atomic E-state index is -3.48. The molecule has 0 radical (unpaired) electrons. The zero-order chi connectivity index (χ0) is 19.7. The van der Waals surface area contributed by atoms with Crippen LogP contribution in [0.1, 0.15) is 25.7 Å². The zero-order valence-corrected chi connectivity index (χ0v) is 17.2. The van der Waals surface area contributed by atoms with E-state index in [4.69, 9.17) is 0 Å².